The van der Waals surface area contributed by atoms with Gasteiger partial charge in [-0.2, -0.15) is 15.0 Å². The molecular weight excluding hydrogens is 360 g/mol. The Hall–Kier alpha value is -4.01. The van der Waals surface area contributed by atoms with Crippen LogP contribution in [-0.2, 0) is 11.3 Å². The second-order valence-corrected chi connectivity index (χ2v) is 5.91. The van der Waals surface area contributed by atoms with Crippen molar-refractivity contribution in [3.8, 4) is 0 Å². The highest BCUT2D eigenvalue weighted by Crippen LogP contribution is 2.18. The van der Waals surface area contributed by atoms with Gasteiger partial charge in [-0.1, -0.05) is 29.8 Å². The Morgan fingerprint density at radius 2 is 1.71 bits per heavy atom. The number of hydrogen-bond donors (Lipinski definition) is 3. The zero-order valence-corrected chi connectivity index (χ0v) is 15.0. The molecule has 0 saturated heterocycles. The van der Waals surface area contributed by atoms with Crippen LogP contribution in [0.4, 0.5) is 17.6 Å². The smallest absolute Gasteiger partial charge is 0.340 e. The second kappa shape index (κ2) is 8.12. The van der Waals surface area contributed by atoms with Crippen LogP contribution >= 0.6 is 0 Å². The number of aromatic nitrogens is 3. The summed E-state index contributed by atoms with van der Waals surface area (Å²) < 4.78 is 5.22. The number of nitrogens with one attached hydrogen (secondary N) is 1. The molecule has 0 aliphatic rings. The maximum Gasteiger partial charge on any atom is 0.340 e. The number of nitrogens with two attached hydrogens (primary N) is 2. The molecule has 0 spiro atoms. The van der Waals surface area contributed by atoms with E-state index >= 15 is 0 Å². The van der Waals surface area contributed by atoms with Gasteiger partial charge in [0.05, 0.1) is 11.3 Å². The van der Waals surface area contributed by atoms with Crippen molar-refractivity contribution < 1.29 is 14.3 Å². The summed E-state index contributed by atoms with van der Waals surface area (Å²) in [6, 6.07) is 13.7. The minimum Gasteiger partial charge on any atom is -0.454 e. The number of aryl methyl sites for hydroxylation is 1. The summed E-state index contributed by atoms with van der Waals surface area (Å²) in [5, 5.41) is 2.73. The van der Waals surface area contributed by atoms with Crippen LogP contribution in [0.2, 0.25) is 0 Å². The maximum absolute atomic E-state index is 12.5. The topological polar surface area (TPSA) is 146 Å². The fraction of sp³-hybridized carbons (Fsp3) is 0.105. The van der Waals surface area contributed by atoms with Crippen LogP contribution in [0.1, 0.15) is 32.1 Å². The van der Waals surface area contributed by atoms with E-state index in [1.165, 1.54) is 0 Å². The average molecular weight is 378 g/mol. The monoisotopic (exact) mass is 378 g/mol. The number of benzene rings is 2. The van der Waals surface area contributed by atoms with Gasteiger partial charge >= 0.3 is 5.97 Å². The van der Waals surface area contributed by atoms with Crippen LogP contribution in [-0.4, -0.2) is 26.8 Å². The first-order valence-electron chi connectivity index (χ1n) is 8.32. The van der Waals surface area contributed by atoms with Gasteiger partial charge in [0.15, 0.2) is 12.4 Å². The summed E-state index contributed by atoms with van der Waals surface area (Å²) in [6.07, 6.45) is 0. The fourth-order valence-corrected chi connectivity index (χ4v) is 2.48. The first-order chi connectivity index (χ1) is 13.4. The molecule has 1 aromatic heterocycles. The molecule has 3 rings (SSSR count). The quantitative estimate of drug-likeness (QED) is 0.571. The summed E-state index contributed by atoms with van der Waals surface area (Å²) in [5.41, 5.74) is 12.9. The van der Waals surface area contributed by atoms with Crippen molar-refractivity contribution >= 4 is 29.5 Å². The van der Waals surface area contributed by atoms with Gasteiger partial charge in [-0.25, -0.2) is 4.79 Å². The lowest BCUT2D eigenvalue weighted by Crippen LogP contribution is -2.16. The minimum absolute atomic E-state index is 0.0654. The van der Waals surface area contributed by atoms with Crippen LogP contribution in [0.25, 0.3) is 0 Å². The molecule has 0 radical (unpaired) electrons. The zero-order valence-electron chi connectivity index (χ0n) is 15.0. The number of para-hydroxylation sites is 1. The van der Waals surface area contributed by atoms with Gasteiger partial charge in [0.1, 0.15) is 0 Å². The Morgan fingerprint density at radius 1 is 1.00 bits per heavy atom. The summed E-state index contributed by atoms with van der Waals surface area (Å²) in [5.74, 6) is -0.993. The van der Waals surface area contributed by atoms with Gasteiger partial charge < -0.3 is 21.5 Å². The molecule has 0 aliphatic carbocycles. The van der Waals surface area contributed by atoms with Crippen molar-refractivity contribution in [2.75, 3.05) is 16.8 Å². The van der Waals surface area contributed by atoms with Crippen LogP contribution in [0.15, 0.2) is 48.5 Å². The van der Waals surface area contributed by atoms with Gasteiger partial charge in [0.25, 0.3) is 5.91 Å². The van der Waals surface area contributed by atoms with Gasteiger partial charge in [0.2, 0.25) is 11.9 Å². The van der Waals surface area contributed by atoms with E-state index in [2.05, 4.69) is 20.3 Å². The van der Waals surface area contributed by atoms with E-state index in [9.17, 15) is 9.59 Å². The van der Waals surface area contributed by atoms with E-state index < -0.39 is 5.97 Å². The molecule has 0 atom stereocenters. The Bertz CT molecular complexity index is 1020. The molecule has 3 aromatic rings. The Labute approximate surface area is 160 Å². The molecule has 0 unspecified atom stereocenters. The molecule has 9 nitrogen and oxygen atoms in total. The summed E-state index contributed by atoms with van der Waals surface area (Å²) >= 11 is 0. The molecule has 0 aliphatic heterocycles. The van der Waals surface area contributed by atoms with E-state index in [0.717, 1.165) is 5.56 Å². The van der Waals surface area contributed by atoms with E-state index in [4.69, 9.17) is 16.2 Å². The predicted octanol–water partition coefficient (Wildman–Crippen LogP) is 1.95. The van der Waals surface area contributed by atoms with Gasteiger partial charge in [-0.05, 0) is 31.2 Å². The van der Waals surface area contributed by atoms with Gasteiger partial charge in [-0.15, -0.1) is 0 Å². The minimum atomic E-state index is -0.655. The molecule has 142 valence electrons. The molecule has 2 aromatic carbocycles. The number of hydrogen-bond acceptors (Lipinski definition) is 8. The number of carbonyl (C=O) groups is 2. The molecule has 1 amide bonds. The predicted molar refractivity (Wildman–Crippen MR) is 103 cm³/mol. The van der Waals surface area contributed by atoms with E-state index in [1.54, 1.807) is 42.5 Å². The lowest BCUT2D eigenvalue weighted by molar-refractivity contribution is 0.0463. The van der Waals surface area contributed by atoms with Crippen molar-refractivity contribution in [1.29, 1.82) is 0 Å². The van der Waals surface area contributed by atoms with Gasteiger partial charge in [0, 0.05) is 5.56 Å². The average Bonchev–Trinajstić information content (AvgIpc) is 2.66. The standard InChI is InChI=1S/C19H18N6O3/c1-11-5-4-6-12(9-11)16(26)22-14-8-3-2-7-13(14)17(27)28-10-15-23-18(20)25-19(21)24-15/h2-9H,10H2,1H3,(H,22,26)(H4,20,21,23,24,25). The Kier molecular flexibility index (Phi) is 5.45. The number of ether oxygens (including phenoxy) is 1. The molecule has 0 saturated carbocycles. The molecule has 28 heavy (non-hydrogen) atoms. The third kappa shape index (κ3) is 4.58. The van der Waals surface area contributed by atoms with Crippen molar-refractivity contribution in [1.82, 2.24) is 15.0 Å². The zero-order chi connectivity index (χ0) is 20.1. The summed E-state index contributed by atoms with van der Waals surface area (Å²) in [7, 11) is 0. The molecule has 9 heteroatoms. The van der Waals surface area contributed by atoms with E-state index in [1.807, 2.05) is 13.0 Å². The lowest BCUT2D eigenvalue weighted by atomic mass is 10.1. The largest absolute Gasteiger partial charge is 0.454 e. The fourth-order valence-electron chi connectivity index (χ4n) is 2.48. The lowest BCUT2D eigenvalue weighted by Gasteiger charge is -2.11. The van der Waals surface area contributed by atoms with Gasteiger partial charge in [-0.3, -0.25) is 4.79 Å². The van der Waals surface area contributed by atoms with Crippen LogP contribution in [0.5, 0.6) is 0 Å². The third-order valence-corrected chi connectivity index (χ3v) is 3.72. The van der Waals surface area contributed by atoms with Crippen LogP contribution in [0.3, 0.4) is 0 Å². The molecule has 0 bridgehead atoms. The highest BCUT2D eigenvalue weighted by Gasteiger charge is 2.16. The van der Waals surface area contributed by atoms with Crippen molar-refractivity contribution in [2.24, 2.45) is 0 Å². The molecule has 1 heterocycles. The van der Waals surface area contributed by atoms with E-state index in [-0.39, 0.29) is 35.8 Å². The van der Waals surface area contributed by atoms with Crippen molar-refractivity contribution in [3.63, 3.8) is 0 Å². The van der Waals surface area contributed by atoms with Crippen molar-refractivity contribution in [3.05, 3.63) is 71.0 Å². The summed E-state index contributed by atoms with van der Waals surface area (Å²) in [4.78, 5) is 36.3. The third-order valence-electron chi connectivity index (χ3n) is 3.72. The molecule has 5 N–H and O–H groups in total. The molecule has 0 fully saturated rings. The number of carbonyl (C=O) groups excluding carboxylic acids is 2. The normalized spacial score (nSPS) is 10.3. The number of anilines is 3. The Balaban J connectivity index is 1.74. The number of nitrogens with zero attached hydrogens (tertiary/aromatic N) is 3. The highest BCUT2D eigenvalue weighted by molar-refractivity contribution is 6.08. The SMILES string of the molecule is Cc1cccc(C(=O)Nc2ccccc2C(=O)OCc2nc(N)nc(N)n2)c1. The first kappa shape index (κ1) is 18.8. The van der Waals surface area contributed by atoms with E-state index in [0.29, 0.717) is 11.3 Å². The Morgan fingerprint density at radius 3 is 2.43 bits per heavy atom. The molecular formula is C19H18N6O3. The van der Waals surface area contributed by atoms with Crippen LogP contribution < -0.4 is 16.8 Å². The van der Waals surface area contributed by atoms with Crippen molar-refractivity contribution in [2.45, 2.75) is 13.5 Å². The number of esters is 1. The highest BCUT2D eigenvalue weighted by atomic mass is 16.5. The number of nitrogen functional groups attached to an aromatic ring is 2. The second-order valence-electron chi connectivity index (χ2n) is 5.91. The maximum atomic E-state index is 12.5. The summed E-state index contributed by atoms with van der Waals surface area (Å²) in [6.45, 7) is 1.65. The number of rotatable bonds is 5. The van der Waals surface area contributed by atoms with Crippen LogP contribution in [0, 0.1) is 6.92 Å². The first-order valence-corrected chi connectivity index (χ1v) is 8.32. The number of amides is 1.